The molecule has 0 radical (unpaired) electrons. The Hall–Kier alpha value is -1.77. The molecule has 0 aliphatic rings. The van der Waals surface area contributed by atoms with Crippen LogP contribution in [0.15, 0.2) is 30.3 Å². The second-order valence-electron chi connectivity index (χ2n) is 4.18. The van der Waals surface area contributed by atoms with Crippen molar-refractivity contribution < 1.29 is 9.47 Å². The van der Waals surface area contributed by atoms with Crippen molar-refractivity contribution >= 4 is 10.8 Å². The van der Waals surface area contributed by atoms with Gasteiger partial charge < -0.3 is 9.47 Å². The van der Waals surface area contributed by atoms with Crippen LogP contribution in [0.1, 0.15) is 26.7 Å². The van der Waals surface area contributed by atoms with E-state index in [-0.39, 0.29) is 0 Å². The SMILES string of the molecule is CCCOc1cc2ccccc2c(OCCC)n1. The van der Waals surface area contributed by atoms with Crippen molar-refractivity contribution in [1.29, 1.82) is 0 Å². The molecule has 0 N–H and O–H groups in total. The highest BCUT2D eigenvalue weighted by Crippen LogP contribution is 2.27. The van der Waals surface area contributed by atoms with Crippen molar-refractivity contribution in [3.05, 3.63) is 30.3 Å². The van der Waals surface area contributed by atoms with Gasteiger partial charge in [-0.05, 0) is 24.3 Å². The summed E-state index contributed by atoms with van der Waals surface area (Å²) >= 11 is 0. The molecule has 96 valence electrons. The molecule has 1 heterocycles. The van der Waals surface area contributed by atoms with E-state index in [0.717, 1.165) is 23.6 Å². The number of hydrogen-bond acceptors (Lipinski definition) is 3. The number of aromatic nitrogens is 1. The van der Waals surface area contributed by atoms with Crippen LogP contribution >= 0.6 is 0 Å². The van der Waals surface area contributed by atoms with Crippen molar-refractivity contribution in [2.45, 2.75) is 26.7 Å². The zero-order chi connectivity index (χ0) is 12.8. The molecule has 1 aromatic heterocycles. The Morgan fingerprint density at radius 1 is 1.00 bits per heavy atom. The lowest BCUT2D eigenvalue weighted by Crippen LogP contribution is -2.02. The zero-order valence-electron chi connectivity index (χ0n) is 11.0. The van der Waals surface area contributed by atoms with Gasteiger partial charge in [-0.15, -0.1) is 0 Å². The van der Waals surface area contributed by atoms with Crippen LogP contribution < -0.4 is 9.47 Å². The second-order valence-corrected chi connectivity index (χ2v) is 4.18. The molecule has 0 saturated carbocycles. The fraction of sp³-hybridized carbons (Fsp3) is 0.400. The van der Waals surface area contributed by atoms with Crippen molar-refractivity contribution in [3.63, 3.8) is 0 Å². The minimum absolute atomic E-state index is 0.640. The minimum atomic E-state index is 0.640. The highest BCUT2D eigenvalue weighted by Gasteiger charge is 2.07. The normalized spacial score (nSPS) is 10.6. The monoisotopic (exact) mass is 245 g/mol. The van der Waals surface area contributed by atoms with Crippen molar-refractivity contribution in [2.24, 2.45) is 0 Å². The Morgan fingerprint density at radius 2 is 1.72 bits per heavy atom. The van der Waals surface area contributed by atoms with E-state index in [0.29, 0.717) is 25.0 Å². The Balaban J connectivity index is 2.36. The number of pyridine rings is 1. The number of rotatable bonds is 6. The van der Waals surface area contributed by atoms with E-state index in [1.165, 1.54) is 0 Å². The average molecular weight is 245 g/mol. The largest absolute Gasteiger partial charge is 0.478 e. The van der Waals surface area contributed by atoms with Crippen LogP contribution in [-0.4, -0.2) is 18.2 Å². The summed E-state index contributed by atoms with van der Waals surface area (Å²) in [6, 6.07) is 10.0. The summed E-state index contributed by atoms with van der Waals surface area (Å²) in [5.41, 5.74) is 0. The number of ether oxygens (including phenoxy) is 2. The molecular weight excluding hydrogens is 226 g/mol. The summed E-state index contributed by atoms with van der Waals surface area (Å²) in [4.78, 5) is 4.43. The summed E-state index contributed by atoms with van der Waals surface area (Å²) in [7, 11) is 0. The van der Waals surface area contributed by atoms with Gasteiger partial charge in [0.05, 0.1) is 13.2 Å². The first-order chi connectivity index (χ1) is 8.85. The van der Waals surface area contributed by atoms with Crippen LogP contribution in [0.5, 0.6) is 11.8 Å². The molecule has 0 spiro atoms. The number of benzene rings is 1. The van der Waals surface area contributed by atoms with E-state index in [1.807, 2.05) is 24.3 Å². The Labute approximate surface area is 108 Å². The van der Waals surface area contributed by atoms with Gasteiger partial charge in [0.15, 0.2) is 0 Å². The standard InChI is InChI=1S/C15H19NO2/c1-3-9-17-14-11-12-7-5-6-8-13(12)15(16-14)18-10-4-2/h5-8,11H,3-4,9-10H2,1-2H3. The first-order valence-electron chi connectivity index (χ1n) is 6.50. The summed E-state index contributed by atoms with van der Waals surface area (Å²) in [5.74, 6) is 1.31. The predicted molar refractivity (Wildman–Crippen MR) is 73.3 cm³/mol. The summed E-state index contributed by atoms with van der Waals surface area (Å²) < 4.78 is 11.3. The summed E-state index contributed by atoms with van der Waals surface area (Å²) in [5, 5.41) is 2.14. The lowest BCUT2D eigenvalue weighted by atomic mass is 10.2. The van der Waals surface area contributed by atoms with E-state index in [4.69, 9.17) is 9.47 Å². The smallest absolute Gasteiger partial charge is 0.224 e. The zero-order valence-corrected chi connectivity index (χ0v) is 11.0. The van der Waals surface area contributed by atoms with Gasteiger partial charge in [0, 0.05) is 11.5 Å². The molecule has 3 nitrogen and oxygen atoms in total. The van der Waals surface area contributed by atoms with Gasteiger partial charge in [-0.2, -0.15) is 4.98 Å². The van der Waals surface area contributed by atoms with E-state index in [9.17, 15) is 0 Å². The maximum absolute atomic E-state index is 5.70. The first-order valence-corrected chi connectivity index (χ1v) is 6.50. The Morgan fingerprint density at radius 3 is 2.50 bits per heavy atom. The predicted octanol–water partition coefficient (Wildman–Crippen LogP) is 3.81. The molecule has 18 heavy (non-hydrogen) atoms. The molecule has 0 fully saturated rings. The molecule has 0 amide bonds. The molecule has 0 aliphatic carbocycles. The molecule has 0 aliphatic heterocycles. The maximum Gasteiger partial charge on any atom is 0.224 e. The Bertz CT molecular complexity index is 511. The molecule has 0 atom stereocenters. The topological polar surface area (TPSA) is 31.4 Å². The van der Waals surface area contributed by atoms with Crippen molar-refractivity contribution in [2.75, 3.05) is 13.2 Å². The lowest BCUT2D eigenvalue weighted by Gasteiger charge is -2.10. The molecule has 0 bridgehead atoms. The third-order valence-electron chi connectivity index (χ3n) is 2.58. The highest BCUT2D eigenvalue weighted by molar-refractivity contribution is 5.87. The van der Waals surface area contributed by atoms with E-state index >= 15 is 0 Å². The lowest BCUT2D eigenvalue weighted by molar-refractivity contribution is 0.282. The molecular formula is C15H19NO2. The highest BCUT2D eigenvalue weighted by atomic mass is 16.5. The van der Waals surface area contributed by atoms with Gasteiger partial charge in [0.2, 0.25) is 11.8 Å². The number of fused-ring (bicyclic) bond motifs is 1. The first kappa shape index (κ1) is 12.7. The van der Waals surface area contributed by atoms with Crippen LogP contribution in [0.2, 0.25) is 0 Å². The maximum atomic E-state index is 5.70. The van der Waals surface area contributed by atoms with Crippen LogP contribution in [0.4, 0.5) is 0 Å². The van der Waals surface area contributed by atoms with Crippen LogP contribution in [0.3, 0.4) is 0 Å². The Kier molecular flexibility index (Phi) is 4.40. The quantitative estimate of drug-likeness (QED) is 0.775. The fourth-order valence-electron chi connectivity index (χ4n) is 1.73. The minimum Gasteiger partial charge on any atom is -0.478 e. The van der Waals surface area contributed by atoms with Gasteiger partial charge in [-0.25, -0.2) is 0 Å². The third-order valence-corrected chi connectivity index (χ3v) is 2.58. The van der Waals surface area contributed by atoms with E-state index in [1.54, 1.807) is 0 Å². The van der Waals surface area contributed by atoms with Gasteiger partial charge in [0.1, 0.15) is 0 Å². The molecule has 0 saturated heterocycles. The molecule has 1 aromatic carbocycles. The van der Waals surface area contributed by atoms with Gasteiger partial charge in [-0.3, -0.25) is 0 Å². The number of nitrogens with zero attached hydrogens (tertiary/aromatic N) is 1. The summed E-state index contributed by atoms with van der Waals surface area (Å²) in [6.45, 7) is 5.52. The van der Waals surface area contributed by atoms with Crippen molar-refractivity contribution in [1.82, 2.24) is 4.98 Å². The summed E-state index contributed by atoms with van der Waals surface area (Å²) in [6.07, 6.45) is 1.94. The molecule has 2 rings (SSSR count). The van der Waals surface area contributed by atoms with E-state index in [2.05, 4.69) is 24.9 Å². The van der Waals surface area contributed by atoms with Gasteiger partial charge in [-0.1, -0.05) is 32.0 Å². The van der Waals surface area contributed by atoms with Crippen LogP contribution in [-0.2, 0) is 0 Å². The average Bonchev–Trinajstić information content (AvgIpc) is 2.42. The van der Waals surface area contributed by atoms with Gasteiger partial charge in [0.25, 0.3) is 0 Å². The third kappa shape index (κ3) is 2.92. The molecule has 0 unspecified atom stereocenters. The van der Waals surface area contributed by atoms with Gasteiger partial charge >= 0.3 is 0 Å². The number of hydrogen-bond donors (Lipinski definition) is 0. The van der Waals surface area contributed by atoms with Crippen molar-refractivity contribution in [3.8, 4) is 11.8 Å². The van der Waals surface area contributed by atoms with Crippen LogP contribution in [0, 0.1) is 0 Å². The molecule has 2 aromatic rings. The fourth-order valence-corrected chi connectivity index (χ4v) is 1.73. The van der Waals surface area contributed by atoms with Crippen LogP contribution in [0.25, 0.3) is 10.8 Å². The van der Waals surface area contributed by atoms with E-state index < -0.39 is 0 Å². The second kappa shape index (κ2) is 6.24. The molecule has 3 heteroatoms.